The lowest BCUT2D eigenvalue weighted by molar-refractivity contribution is -0.303. The van der Waals surface area contributed by atoms with Crippen LogP contribution in [0.2, 0.25) is 0 Å². The average molecular weight is 1060 g/mol. The molecule has 1 rings (SSSR count). The molecule has 0 aromatic carbocycles. The van der Waals surface area contributed by atoms with Crippen molar-refractivity contribution in [2.75, 3.05) is 13.2 Å². The van der Waals surface area contributed by atoms with Crippen molar-refractivity contribution in [3.63, 3.8) is 0 Å². The van der Waals surface area contributed by atoms with Gasteiger partial charge >= 0.3 is 0 Å². The molecule has 442 valence electrons. The summed E-state index contributed by atoms with van der Waals surface area (Å²) in [6, 6.07) is -1.19. The van der Waals surface area contributed by atoms with E-state index in [-0.39, 0.29) is 12.8 Å². The number of nitrogens with one attached hydrogen (secondary N) is 1. The van der Waals surface area contributed by atoms with Crippen LogP contribution in [0.3, 0.4) is 0 Å². The van der Waals surface area contributed by atoms with Gasteiger partial charge in [-0.15, -0.1) is 0 Å². The van der Waals surface area contributed by atoms with Gasteiger partial charge in [0.15, 0.2) is 6.29 Å². The molecule has 1 aliphatic rings. The van der Waals surface area contributed by atoms with Crippen molar-refractivity contribution in [2.24, 2.45) is 0 Å². The molecule has 0 radical (unpaired) electrons. The van der Waals surface area contributed by atoms with Crippen molar-refractivity contribution < 1.29 is 50.0 Å². The van der Waals surface area contributed by atoms with E-state index in [1.807, 2.05) is 0 Å². The molecule has 1 amide bonds. The van der Waals surface area contributed by atoms with Crippen LogP contribution in [0.1, 0.15) is 296 Å². The third kappa shape index (κ3) is 41.1. The van der Waals surface area contributed by atoms with E-state index in [1.165, 1.54) is 205 Å². The topological polar surface area (TPSA) is 189 Å². The summed E-state index contributed by atoms with van der Waals surface area (Å²) >= 11 is 0. The Kier molecular flexibility index (Phi) is 50.4. The van der Waals surface area contributed by atoms with Crippen LogP contribution in [0, 0.1) is 0 Å². The second-order valence-corrected chi connectivity index (χ2v) is 22.5. The Morgan fingerprint density at radius 2 is 0.800 bits per heavy atom. The van der Waals surface area contributed by atoms with Gasteiger partial charge in [-0.2, -0.15) is 0 Å². The van der Waals surface area contributed by atoms with Gasteiger partial charge in [0.1, 0.15) is 36.6 Å². The molecule has 1 aliphatic heterocycles. The first-order valence-corrected chi connectivity index (χ1v) is 31.9. The van der Waals surface area contributed by atoms with Gasteiger partial charge in [0, 0.05) is 0 Å². The first kappa shape index (κ1) is 71.3. The van der Waals surface area contributed by atoms with E-state index in [1.54, 1.807) is 0 Å². The molecule has 0 bridgehead atoms. The number of aliphatic hydroxyl groups is 7. The van der Waals surface area contributed by atoms with Crippen molar-refractivity contribution in [1.82, 2.24) is 5.32 Å². The van der Waals surface area contributed by atoms with Crippen LogP contribution in [-0.4, -0.2) is 110 Å². The molecule has 0 spiro atoms. The van der Waals surface area contributed by atoms with Crippen LogP contribution in [-0.2, 0) is 14.3 Å². The van der Waals surface area contributed by atoms with Crippen molar-refractivity contribution in [1.29, 1.82) is 0 Å². The number of hydrogen-bond donors (Lipinski definition) is 8. The van der Waals surface area contributed by atoms with Gasteiger partial charge in [0.25, 0.3) is 0 Å². The number of ether oxygens (including phenoxy) is 2. The molecule has 75 heavy (non-hydrogen) atoms. The lowest BCUT2D eigenvalue weighted by atomic mass is 9.98. The summed E-state index contributed by atoms with van der Waals surface area (Å²) < 4.78 is 11.2. The summed E-state index contributed by atoms with van der Waals surface area (Å²) in [5.74, 6) is -0.707. The van der Waals surface area contributed by atoms with Gasteiger partial charge in [-0.25, -0.2) is 0 Å². The van der Waals surface area contributed by atoms with E-state index < -0.39 is 74.2 Å². The maximum Gasteiger partial charge on any atom is 0.249 e. The first-order chi connectivity index (χ1) is 36.7. The summed E-state index contributed by atoms with van der Waals surface area (Å²) in [5.41, 5.74) is 0. The molecular weight excluding hydrogens is 943 g/mol. The number of amides is 1. The number of aliphatic hydroxyl groups excluding tert-OH is 7. The number of rotatable bonds is 55. The maximum atomic E-state index is 13.2. The summed E-state index contributed by atoms with van der Waals surface area (Å²) in [4.78, 5) is 13.2. The Hall–Kier alpha value is -1.67. The fourth-order valence-electron chi connectivity index (χ4n) is 10.2. The molecule has 1 saturated heterocycles. The smallest absolute Gasteiger partial charge is 0.249 e. The Bertz CT molecular complexity index is 1310. The second-order valence-electron chi connectivity index (χ2n) is 22.5. The number of allylic oxidation sites excluding steroid dienone is 6. The molecule has 11 heteroatoms. The summed E-state index contributed by atoms with van der Waals surface area (Å²) in [6.45, 7) is 3.47. The molecule has 0 aromatic rings. The number of carbonyl (C=O) groups excluding carboxylic acids is 1. The molecule has 8 N–H and O–H groups in total. The van der Waals surface area contributed by atoms with Gasteiger partial charge in [-0.05, 0) is 64.2 Å². The largest absolute Gasteiger partial charge is 0.394 e. The SMILES string of the molecule is CCCCCCCCCCCCC/C=C/CC/C=C/CC/C=C/CCCC(O)C(O)C(COC1OC(CO)C(O)C(O)C1O)NC(=O)C(O)CCCCCCCCCCCCCCCCCCCCCCCCCC. The predicted molar refractivity (Wildman–Crippen MR) is 312 cm³/mol. The summed E-state index contributed by atoms with van der Waals surface area (Å²) in [5, 5.41) is 76.3. The molecule has 9 atom stereocenters. The standard InChI is InChI=1S/C64H121NO10/c1-3-5-7-9-11-13-15-17-19-21-23-25-27-29-31-33-35-37-39-41-43-45-47-49-51-56(67)59(69)55(54-74-64-62(72)61(71)60(70)58(53-66)75-64)65-63(73)57(68)52-50-48-46-44-42-40-38-36-34-32-30-28-26-24-22-20-18-16-14-12-10-8-6-4-2/h27,29,35,37,43,45,55-62,64,66-72H,3-26,28,30-34,36,38-42,44,46-54H2,1-2H3,(H,65,73)/b29-27+,37-35+,45-43+. The Labute approximate surface area is 460 Å². The minimum Gasteiger partial charge on any atom is -0.394 e. The Morgan fingerprint density at radius 3 is 1.19 bits per heavy atom. The number of hydrogen-bond acceptors (Lipinski definition) is 10. The summed E-state index contributed by atoms with van der Waals surface area (Å²) in [6.07, 6.45) is 55.0. The molecule has 0 aliphatic carbocycles. The van der Waals surface area contributed by atoms with E-state index in [0.29, 0.717) is 19.3 Å². The molecule has 9 unspecified atom stereocenters. The fourth-order valence-corrected chi connectivity index (χ4v) is 10.2. The first-order valence-electron chi connectivity index (χ1n) is 31.9. The quantitative estimate of drug-likeness (QED) is 0.0215. The molecule has 0 aromatic heterocycles. The number of unbranched alkanes of at least 4 members (excludes halogenated alkanes) is 37. The zero-order valence-electron chi connectivity index (χ0n) is 48.5. The van der Waals surface area contributed by atoms with E-state index in [4.69, 9.17) is 9.47 Å². The highest BCUT2D eigenvalue weighted by Crippen LogP contribution is 2.23. The van der Waals surface area contributed by atoms with Crippen LogP contribution in [0.5, 0.6) is 0 Å². The maximum absolute atomic E-state index is 13.2. The highest BCUT2D eigenvalue weighted by Gasteiger charge is 2.44. The van der Waals surface area contributed by atoms with E-state index in [2.05, 4.69) is 55.6 Å². The van der Waals surface area contributed by atoms with Crippen LogP contribution < -0.4 is 5.32 Å². The van der Waals surface area contributed by atoms with Gasteiger partial charge < -0.3 is 50.5 Å². The fraction of sp³-hybridized carbons (Fsp3) is 0.891. The van der Waals surface area contributed by atoms with Gasteiger partial charge in [0.05, 0.1) is 25.4 Å². The highest BCUT2D eigenvalue weighted by atomic mass is 16.7. The van der Waals surface area contributed by atoms with Crippen LogP contribution >= 0.6 is 0 Å². The van der Waals surface area contributed by atoms with Gasteiger partial charge in [-0.1, -0.05) is 269 Å². The molecular formula is C64H121NO10. The van der Waals surface area contributed by atoms with Crippen LogP contribution in [0.4, 0.5) is 0 Å². The third-order valence-electron chi connectivity index (χ3n) is 15.4. The van der Waals surface area contributed by atoms with E-state index >= 15 is 0 Å². The van der Waals surface area contributed by atoms with Crippen LogP contribution in [0.25, 0.3) is 0 Å². The lowest BCUT2D eigenvalue weighted by Gasteiger charge is -2.40. The van der Waals surface area contributed by atoms with Crippen LogP contribution in [0.15, 0.2) is 36.5 Å². The second kappa shape index (κ2) is 53.0. The Morgan fingerprint density at radius 1 is 0.453 bits per heavy atom. The van der Waals surface area contributed by atoms with Crippen molar-refractivity contribution in [2.45, 2.75) is 351 Å². The predicted octanol–water partition coefficient (Wildman–Crippen LogP) is 14.2. The average Bonchev–Trinajstić information content (AvgIpc) is 3.41. The van der Waals surface area contributed by atoms with Crippen molar-refractivity contribution >= 4 is 5.91 Å². The summed E-state index contributed by atoms with van der Waals surface area (Å²) in [7, 11) is 0. The molecule has 0 saturated carbocycles. The highest BCUT2D eigenvalue weighted by molar-refractivity contribution is 5.80. The molecule has 1 heterocycles. The monoisotopic (exact) mass is 1060 g/mol. The minimum absolute atomic E-state index is 0.243. The molecule has 1 fully saturated rings. The van der Waals surface area contributed by atoms with Gasteiger partial charge in [-0.3, -0.25) is 4.79 Å². The third-order valence-corrected chi connectivity index (χ3v) is 15.4. The molecule has 11 nitrogen and oxygen atoms in total. The van der Waals surface area contributed by atoms with Gasteiger partial charge in [0.2, 0.25) is 5.91 Å². The van der Waals surface area contributed by atoms with Crippen molar-refractivity contribution in [3.8, 4) is 0 Å². The van der Waals surface area contributed by atoms with Crippen molar-refractivity contribution in [3.05, 3.63) is 36.5 Å². The zero-order chi connectivity index (χ0) is 54.7. The zero-order valence-corrected chi connectivity index (χ0v) is 48.5. The van der Waals surface area contributed by atoms with E-state index in [9.17, 15) is 40.5 Å². The van der Waals surface area contributed by atoms with E-state index in [0.717, 1.165) is 44.9 Å². The Balaban J connectivity index is 2.30. The minimum atomic E-state index is -1.67. The lowest BCUT2D eigenvalue weighted by Crippen LogP contribution is -2.60. The normalized spacial score (nSPS) is 19.9. The number of carbonyl (C=O) groups is 1.